The van der Waals surface area contributed by atoms with Crippen LogP contribution in [0.15, 0.2) is 12.1 Å². The van der Waals surface area contributed by atoms with Gasteiger partial charge in [-0.2, -0.15) is 0 Å². The number of anilines is 1. The Morgan fingerprint density at radius 1 is 1.05 bits per heavy atom. The van der Waals surface area contributed by atoms with Crippen LogP contribution >= 0.6 is 23.2 Å². The molecule has 1 aliphatic rings. The van der Waals surface area contributed by atoms with Gasteiger partial charge in [-0.1, -0.05) is 44.0 Å². The first-order valence-electron chi connectivity index (χ1n) is 7.18. The van der Waals surface area contributed by atoms with Crippen molar-refractivity contribution in [3.63, 3.8) is 0 Å². The highest BCUT2D eigenvalue weighted by Gasteiger charge is 2.29. The minimum Gasteiger partial charge on any atom is -0.382 e. The molecule has 0 bridgehead atoms. The minimum atomic E-state index is -0.546. The van der Waals surface area contributed by atoms with Gasteiger partial charge in [0.05, 0.1) is 10.0 Å². The smallest absolute Gasteiger partial charge is 0.160 e. The third kappa shape index (κ3) is 3.79. The van der Waals surface area contributed by atoms with E-state index >= 15 is 0 Å². The van der Waals surface area contributed by atoms with E-state index in [1.807, 2.05) is 0 Å². The van der Waals surface area contributed by atoms with E-state index in [1.54, 1.807) is 12.1 Å². The van der Waals surface area contributed by atoms with Crippen molar-refractivity contribution in [2.45, 2.75) is 52.5 Å². The maximum atomic E-state index is 13.4. The van der Waals surface area contributed by atoms with Crippen molar-refractivity contribution in [2.75, 3.05) is 5.32 Å². The molecule has 0 unspecified atom stereocenters. The summed E-state index contributed by atoms with van der Waals surface area (Å²) >= 11 is 11.6. The van der Waals surface area contributed by atoms with Crippen LogP contribution in [-0.4, -0.2) is 6.04 Å². The molecule has 2 rings (SSSR count). The molecule has 0 atom stereocenters. The molecule has 1 fully saturated rings. The van der Waals surface area contributed by atoms with Gasteiger partial charge >= 0.3 is 0 Å². The van der Waals surface area contributed by atoms with Crippen LogP contribution in [0.1, 0.15) is 46.5 Å². The molecule has 0 saturated heterocycles. The zero-order chi connectivity index (χ0) is 14.9. The van der Waals surface area contributed by atoms with Crippen molar-refractivity contribution < 1.29 is 4.39 Å². The summed E-state index contributed by atoms with van der Waals surface area (Å²) in [6.45, 7) is 6.93. The normalized spacial score (nSPS) is 23.7. The van der Waals surface area contributed by atoms with Gasteiger partial charge < -0.3 is 5.32 Å². The molecule has 0 aromatic heterocycles. The topological polar surface area (TPSA) is 12.0 Å². The van der Waals surface area contributed by atoms with E-state index in [9.17, 15) is 4.39 Å². The standard InChI is InChI=1S/C16H22Cl2FN/c1-16(2,3)10-4-6-11(7-5-10)20-12-8-13(17)15(19)14(18)9-12/h8-11,20H,4-7H2,1-3H3. The average molecular weight is 318 g/mol. The summed E-state index contributed by atoms with van der Waals surface area (Å²) in [5, 5.41) is 3.57. The number of hydrogen-bond donors (Lipinski definition) is 1. The van der Waals surface area contributed by atoms with Crippen molar-refractivity contribution in [1.82, 2.24) is 0 Å². The predicted octanol–water partition coefficient (Wildman–Crippen LogP) is 6.15. The van der Waals surface area contributed by atoms with Gasteiger partial charge in [0.1, 0.15) is 0 Å². The molecule has 0 aliphatic heterocycles. The molecular formula is C16H22Cl2FN. The lowest BCUT2D eigenvalue weighted by Crippen LogP contribution is -2.31. The van der Waals surface area contributed by atoms with Crippen LogP contribution in [0.4, 0.5) is 10.1 Å². The lowest BCUT2D eigenvalue weighted by Gasteiger charge is -2.37. The summed E-state index contributed by atoms with van der Waals surface area (Å²) in [5.41, 5.74) is 1.19. The van der Waals surface area contributed by atoms with Gasteiger partial charge in [0, 0.05) is 11.7 Å². The first-order chi connectivity index (χ1) is 9.27. The third-order valence-electron chi connectivity index (χ3n) is 4.31. The van der Waals surface area contributed by atoms with E-state index in [4.69, 9.17) is 23.2 Å². The predicted molar refractivity (Wildman–Crippen MR) is 85.2 cm³/mol. The van der Waals surface area contributed by atoms with Crippen LogP contribution in [0.25, 0.3) is 0 Å². The Labute approximate surface area is 130 Å². The molecule has 1 aromatic rings. The van der Waals surface area contributed by atoms with Gasteiger partial charge in [0.2, 0.25) is 0 Å². The summed E-state index contributed by atoms with van der Waals surface area (Å²) in [6.07, 6.45) is 4.72. The Hall–Kier alpha value is -0.470. The fraction of sp³-hybridized carbons (Fsp3) is 0.625. The second kappa shape index (κ2) is 6.11. The Balaban J connectivity index is 1.96. The van der Waals surface area contributed by atoms with Crippen LogP contribution in [0.5, 0.6) is 0 Å². The zero-order valence-electron chi connectivity index (χ0n) is 12.3. The lowest BCUT2D eigenvalue weighted by atomic mass is 9.71. The van der Waals surface area contributed by atoms with Crippen molar-refractivity contribution in [2.24, 2.45) is 11.3 Å². The number of halogens is 3. The van der Waals surface area contributed by atoms with Gasteiger partial charge in [-0.05, 0) is 49.1 Å². The fourth-order valence-electron chi connectivity index (χ4n) is 2.98. The van der Waals surface area contributed by atoms with Gasteiger partial charge in [-0.3, -0.25) is 0 Å². The molecule has 1 nitrogen and oxygen atoms in total. The number of benzene rings is 1. The van der Waals surface area contributed by atoms with Crippen LogP contribution in [-0.2, 0) is 0 Å². The van der Waals surface area contributed by atoms with E-state index in [0.29, 0.717) is 11.5 Å². The van der Waals surface area contributed by atoms with E-state index in [2.05, 4.69) is 26.1 Å². The maximum Gasteiger partial charge on any atom is 0.160 e. The minimum absolute atomic E-state index is 0.0726. The molecule has 1 saturated carbocycles. The Morgan fingerprint density at radius 2 is 1.55 bits per heavy atom. The highest BCUT2D eigenvalue weighted by molar-refractivity contribution is 6.35. The molecule has 20 heavy (non-hydrogen) atoms. The van der Waals surface area contributed by atoms with Crippen molar-refractivity contribution in [3.8, 4) is 0 Å². The van der Waals surface area contributed by atoms with E-state index in [-0.39, 0.29) is 10.0 Å². The summed E-state index contributed by atoms with van der Waals surface area (Å²) in [4.78, 5) is 0. The zero-order valence-corrected chi connectivity index (χ0v) is 13.8. The monoisotopic (exact) mass is 317 g/mol. The fourth-order valence-corrected chi connectivity index (χ4v) is 3.47. The van der Waals surface area contributed by atoms with Gasteiger partial charge in [0.15, 0.2) is 5.82 Å². The van der Waals surface area contributed by atoms with Gasteiger partial charge in [0.25, 0.3) is 0 Å². The first kappa shape index (κ1) is 15.9. The number of nitrogens with one attached hydrogen (secondary N) is 1. The van der Waals surface area contributed by atoms with E-state index in [0.717, 1.165) is 24.4 Å². The number of rotatable bonds is 2. The maximum absolute atomic E-state index is 13.4. The molecule has 112 valence electrons. The van der Waals surface area contributed by atoms with E-state index < -0.39 is 5.82 Å². The highest BCUT2D eigenvalue weighted by atomic mass is 35.5. The van der Waals surface area contributed by atoms with Crippen molar-refractivity contribution >= 4 is 28.9 Å². The van der Waals surface area contributed by atoms with E-state index in [1.165, 1.54) is 12.8 Å². The summed E-state index contributed by atoms with van der Waals surface area (Å²) in [6, 6.07) is 3.64. The summed E-state index contributed by atoms with van der Waals surface area (Å²) in [7, 11) is 0. The molecule has 1 aromatic carbocycles. The highest BCUT2D eigenvalue weighted by Crippen LogP contribution is 2.38. The van der Waals surface area contributed by atoms with Crippen LogP contribution in [0.2, 0.25) is 10.0 Å². The van der Waals surface area contributed by atoms with Gasteiger partial charge in [-0.15, -0.1) is 0 Å². The average Bonchev–Trinajstić information content (AvgIpc) is 2.35. The molecular weight excluding hydrogens is 296 g/mol. The largest absolute Gasteiger partial charge is 0.382 e. The van der Waals surface area contributed by atoms with Crippen LogP contribution in [0.3, 0.4) is 0 Å². The first-order valence-corrected chi connectivity index (χ1v) is 7.94. The van der Waals surface area contributed by atoms with Crippen LogP contribution < -0.4 is 5.32 Å². The summed E-state index contributed by atoms with van der Waals surface area (Å²) in [5.74, 6) is 0.233. The summed E-state index contributed by atoms with van der Waals surface area (Å²) < 4.78 is 13.4. The Kier molecular flexibility index (Phi) is 4.86. The second-order valence-electron chi connectivity index (χ2n) is 6.81. The quantitative estimate of drug-likeness (QED) is 0.645. The van der Waals surface area contributed by atoms with Crippen molar-refractivity contribution in [1.29, 1.82) is 0 Å². The Morgan fingerprint density at radius 3 is 2.00 bits per heavy atom. The van der Waals surface area contributed by atoms with Gasteiger partial charge in [-0.25, -0.2) is 4.39 Å². The third-order valence-corrected chi connectivity index (χ3v) is 4.86. The molecule has 0 spiro atoms. The molecule has 0 amide bonds. The molecule has 0 radical (unpaired) electrons. The molecule has 4 heteroatoms. The molecule has 0 heterocycles. The SMILES string of the molecule is CC(C)(C)C1CCC(Nc2cc(Cl)c(F)c(Cl)c2)CC1. The second-order valence-corrected chi connectivity index (χ2v) is 7.63. The lowest BCUT2D eigenvalue weighted by molar-refractivity contribution is 0.173. The van der Waals surface area contributed by atoms with Crippen LogP contribution in [0, 0.1) is 17.2 Å². The molecule has 1 aliphatic carbocycles. The molecule has 1 N–H and O–H groups in total. The van der Waals surface area contributed by atoms with Crippen molar-refractivity contribution in [3.05, 3.63) is 28.0 Å². The Bertz CT molecular complexity index is 451. The number of hydrogen-bond acceptors (Lipinski definition) is 1.